The summed E-state index contributed by atoms with van der Waals surface area (Å²) < 4.78 is 48.0. The predicted molar refractivity (Wildman–Crippen MR) is 141 cm³/mol. The number of hydrogen-bond donors (Lipinski definition) is 0. The molecule has 2 aliphatic rings. The van der Waals surface area contributed by atoms with Gasteiger partial charge in [0.2, 0.25) is 5.91 Å². The average Bonchev–Trinajstić information content (AvgIpc) is 2.79. The van der Waals surface area contributed by atoms with Crippen LogP contribution in [-0.4, -0.2) is 33.6 Å². The van der Waals surface area contributed by atoms with Crippen LogP contribution in [0.1, 0.15) is 65.4 Å². The maximum absolute atomic E-state index is 15.9. The summed E-state index contributed by atoms with van der Waals surface area (Å²) in [6.45, 7) is 7.98. The normalized spacial score (nSPS) is 19.4. The SMILES string of the molecule is CC(C1CCC1)N(C(=O)C(C)(C)C)c1ccc(C2(S(=O)(=O)c3ccc(Cl)cc3)CCOCC2)cc1F. The van der Waals surface area contributed by atoms with Crippen LogP contribution >= 0.6 is 11.6 Å². The molecular weight excluding hydrogens is 501 g/mol. The van der Waals surface area contributed by atoms with Crippen LogP contribution in [0.5, 0.6) is 0 Å². The molecule has 0 N–H and O–H groups in total. The highest BCUT2D eigenvalue weighted by atomic mass is 35.5. The predicted octanol–water partition coefficient (Wildman–Crippen LogP) is 6.53. The molecule has 1 saturated heterocycles. The molecule has 1 amide bonds. The monoisotopic (exact) mass is 535 g/mol. The highest BCUT2D eigenvalue weighted by molar-refractivity contribution is 7.92. The maximum atomic E-state index is 15.9. The zero-order chi connectivity index (χ0) is 26.3. The average molecular weight is 536 g/mol. The van der Waals surface area contributed by atoms with Crippen LogP contribution in [0, 0.1) is 17.2 Å². The Kier molecular flexibility index (Phi) is 7.58. The van der Waals surface area contributed by atoms with Gasteiger partial charge in [-0.1, -0.05) is 44.9 Å². The van der Waals surface area contributed by atoms with E-state index >= 15 is 4.39 Å². The van der Waals surface area contributed by atoms with Gasteiger partial charge in [0.1, 0.15) is 10.6 Å². The van der Waals surface area contributed by atoms with Crippen molar-refractivity contribution in [2.45, 2.75) is 75.5 Å². The number of carbonyl (C=O) groups is 1. The van der Waals surface area contributed by atoms with E-state index in [9.17, 15) is 13.2 Å². The van der Waals surface area contributed by atoms with Gasteiger partial charge in [0.25, 0.3) is 0 Å². The summed E-state index contributed by atoms with van der Waals surface area (Å²) in [4.78, 5) is 15.2. The van der Waals surface area contributed by atoms with Crippen molar-refractivity contribution in [2.75, 3.05) is 18.1 Å². The molecule has 36 heavy (non-hydrogen) atoms. The van der Waals surface area contributed by atoms with E-state index in [-0.39, 0.29) is 48.6 Å². The van der Waals surface area contributed by atoms with E-state index in [0.717, 1.165) is 19.3 Å². The van der Waals surface area contributed by atoms with Gasteiger partial charge in [-0.15, -0.1) is 0 Å². The molecule has 2 fully saturated rings. The lowest BCUT2D eigenvalue weighted by molar-refractivity contribution is -0.126. The summed E-state index contributed by atoms with van der Waals surface area (Å²) in [6.07, 6.45) is 3.55. The first kappa shape index (κ1) is 27.1. The Hall–Kier alpha value is -1.96. The quantitative estimate of drug-likeness (QED) is 0.422. The van der Waals surface area contributed by atoms with Gasteiger partial charge in [0.05, 0.1) is 10.6 Å². The summed E-state index contributed by atoms with van der Waals surface area (Å²) in [5.41, 5.74) is -0.117. The Labute approximate surface area is 218 Å². The zero-order valence-corrected chi connectivity index (χ0v) is 23.0. The van der Waals surface area contributed by atoms with Crippen LogP contribution in [0.15, 0.2) is 47.4 Å². The van der Waals surface area contributed by atoms with Gasteiger partial charge in [0, 0.05) is 29.7 Å². The second-order valence-corrected chi connectivity index (χ2v) is 13.8. The molecule has 2 aromatic carbocycles. The summed E-state index contributed by atoms with van der Waals surface area (Å²) in [6, 6.07) is 10.5. The lowest BCUT2D eigenvalue weighted by atomic mass is 9.78. The van der Waals surface area contributed by atoms with Crippen molar-refractivity contribution in [3.05, 3.63) is 58.9 Å². The zero-order valence-electron chi connectivity index (χ0n) is 21.4. The van der Waals surface area contributed by atoms with Crippen molar-refractivity contribution in [1.82, 2.24) is 0 Å². The number of carbonyl (C=O) groups excluding carboxylic acids is 1. The van der Waals surface area contributed by atoms with E-state index < -0.39 is 25.8 Å². The van der Waals surface area contributed by atoms with E-state index in [1.165, 1.54) is 18.2 Å². The molecule has 1 aliphatic heterocycles. The van der Waals surface area contributed by atoms with E-state index in [4.69, 9.17) is 16.3 Å². The number of ether oxygens (including phenoxy) is 1. The smallest absolute Gasteiger partial charge is 0.232 e. The largest absolute Gasteiger partial charge is 0.381 e. The minimum atomic E-state index is -3.89. The van der Waals surface area contributed by atoms with Crippen molar-refractivity contribution >= 4 is 33.0 Å². The fraction of sp³-hybridized carbons (Fsp3) is 0.536. The Balaban J connectivity index is 1.80. The second-order valence-electron chi connectivity index (χ2n) is 11.1. The number of nitrogens with zero attached hydrogens (tertiary/aromatic N) is 1. The van der Waals surface area contributed by atoms with Gasteiger partial charge in [-0.05, 0) is 80.5 Å². The van der Waals surface area contributed by atoms with Crippen LogP contribution in [0.25, 0.3) is 0 Å². The highest BCUT2D eigenvalue weighted by Crippen LogP contribution is 2.45. The summed E-state index contributed by atoms with van der Waals surface area (Å²) in [7, 11) is -3.89. The van der Waals surface area contributed by atoms with Crippen LogP contribution in [-0.2, 0) is 24.1 Å². The van der Waals surface area contributed by atoms with Crippen LogP contribution in [0.3, 0.4) is 0 Å². The summed E-state index contributed by atoms with van der Waals surface area (Å²) in [5.74, 6) is -0.418. The first-order valence-electron chi connectivity index (χ1n) is 12.6. The van der Waals surface area contributed by atoms with E-state index in [2.05, 4.69) is 0 Å². The molecule has 0 bridgehead atoms. The molecule has 8 heteroatoms. The van der Waals surface area contributed by atoms with Gasteiger partial charge in [-0.25, -0.2) is 12.8 Å². The number of anilines is 1. The molecule has 196 valence electrons. The molecule has 1 aliphatic carbocycles. The first-order chi connectivity index (χ1) is 16.9. The molecule has 2 aromatic rings. The molecule has 1 heterocycles. The fourth-order valence-electron chi connectivity index (χ4n) is 5.25. The van der Waals surface area contributed by atoms with Crippen molar-refractivity contribution in [3.63, 3.8) is 0 Å². The highest BCUT2D eigenvalue weighted by Gasteiger charge is 2.48. The Morgan fingerprint density at radius 1 is 1.11 bits per heavy atom. The third kappa shape index (κ3) is 4.82. The summed E-state index contributed by atoms with van der Waals surface area (Å²) >= 11 is 5.99. The number of rotatable bonds is 6. The maximum Gasteiger partial charge on any atom is 0.232 e. The summed E-state index contributed by atoms with van der Waals surface area (Å²) in [5, 5.41) is 0.439. The Bertz CT molecular complexity index is 1210. The second kappa shape index (κ2) is 10.1. The molecule has 1 unspecified atom stereocenters. The van der Waals surface area contributed by atoms with Gasteiger partial charge in [-0.2, -0.15) is 0 Å². The molecule has 1 atom stereocenters. The van der Waals surface area contributed by atoms with Crippen molar-refractivity contribution in [3.8, 4) is 0 Å². The lowest BCUT2D eigenvalue weighted by Gasteiger charge is -2.42. The first-order valence-corrected chi connectivity index (χ1v) is 14.5. The fourth-order valence-corrected chi connectivity index (χ4v) is 7.46. The number of halogens is 2. The van der Waals surface area contributed by atoms with Crippen molar-refractivity contribution in [1.29, 1.82) is 0 Å². The third-order valence-corrected chi connectivity index (χ3v) is 10.6. The van der Waals surface area contributed by atoms with E-state index in [1.54, 1.807) is 29.2 Å². The van der Waals surface area contributed by atoms with Crippen LogP contribution in [0.2, 0.25) is 5.02 Å². The molecule has 4 rings (SSSR count). The molecule has 0 spiro atoms. The van der Waals surface area contributed by atoms with E-state index in [1.807, 2.05) is 27.7 Å². The lowest BCUT2D eigenvalue weighted by Crippen LogP contribution is -2.49. The molecule has 0 aromatic heterocycles. The van der Waals surface area contributed by atoms with Crippen LogP contribution in [0.4, 0.5) is 10.1 Å². The standard InChI is InChI=1S/C28H35ClFNO4S/c1-19(20-6-5-7-20)31(26(32)27(2,3)4)25-13-8-21(18-24(25)30)28(14-16-35-17-15-28)36(33,34)23-11-9-22(29)10-12-23/h8-13,18-20H,5-7,14-17H2,1-4H3. The number of benzene rings is 2. The molecule has 1 saturated carbocycles. The van der Waals surface area contributed by atoms with E-state index in [0.29, 0.717) is 16.5 Å². The van der Waals surface area contributed by atoms with Gasteiger partial charge >= 0.3 is 0 Å². The molecular formula is C28H35ClFNO4S. The third-order valence-electron chi connectivity index (χ3n) is 7.77. The minimum absolute atomic E-state index is 0.140. The number of amides is 1. The van der Waals surface area contributed by atoms with Crippen molar-refractivity contribution in [2.24, 2.45) is 11.3 Å². The number of hydrogen-bond acceptors (Lipinski definition) is 4. The topological polar surface area (TPSA) is 63.7 Å². The van der Waals surface area contributed by atoms with Gasteiger partial charge in [-0.3, -0.25) is 4.79 Å². The van der Waals surface area contributed by atoms with Gasteiger partial charge in [0.15, 0.2) is 9.84 Å². The number of sulfone groups is 1. The Morgan fingerprint density at radius 3 is 2.22 bits per heavy atom. The minimum Gasteiger partial charge on any atom is -0.381 e. The molecule has 5 nitrogen and oxygen atoms in total. The van der Waals surface area contributed by atoms with Crippen molar-refractivity contribution < 1.29 is 22.3 Å². The Morgan fingerprint density at radius 2 is 1.72 bits per heavy atom. The van der Waals surface area contributed by atoms with Crippen LogP contribution < -0.4 is 4.90 Å². The molecule has 0 radical (unpaired) electrons. The van der Waals surface area contributed by atoms with Gasteiger partial charge < -0.3 is 9.64 Å².